The average Bonchev–Trinajstić information content (AvgIpc) is 3.12. The molecule has 7 heteroatoms. The Morgan fingerprint density at radius 1 is 1.31 bits per heavy atom. The minimum absolute atomic E-state index is 0.0535. The van der Waals surface area contributed by atoms with Gasteiger partial charge in [-0.1, -0.05) is 18.9 Å². The van der Waals surface area contributed by atoms with Crippen LogP contribution in [0.5, 0.6) is 0 Å². The lowest BCUT2D eigenvalue weighted by atomic mass is 10.1. The van der Waals surface area contributed by atoms with Crippen LogP contribution >= 0.6 is 0 Å². The van der Waals surface area contributed by atoms with Gasteiger partial charge in [-0.15, -0.1) is 0 Å². The van der Waals surface area contributed by atoms with Gasteiger partial charge in [0.2, 0.25) is 0 Å². The van der Waals surface area contributed by atoms with Crippen LogP contribution in [0.25, 0.3) is 16.7 Å². The maximum Gasteiger partial charge on any atom is 0.267 e. The van der Waals surface area contributed by atoms with E-state index in [0.29, 0.717) is 16.7 Å². The third-order valence-corrected chi connectivity index (χ3v) is 5.20. The van der Waals surface area contributed by atoms with E-state index < -0.39 is 0 Å². The molecule has 0 aromatic carbocycles. The van der Waals surface area contributed by atoms with Crippen molar-refractivity contribution < 1.29 is 4.79 Å². The molecule has 3 heterocycles. The molecule has 1 aliphatic rings. The fraction of sp³-hybridized carbons (Fsp3) is 0.368. The molecule has 0 aliphatic heterocycles. The summed E-state index contributed by atoms with van der Waals surface area (Å²) in [6.07, 6.45) is 5.82. The second-order valence-electron chi connectivity index (χ2n) is 6.96. The summed E-state index contributed by atoms with van der Waals surface area (Å²) in [5.41, 5.74) is 1.87. The van der Waals surface area contributed by atoms with Crippen LogP contribution in [-0.2, 0) is 7.05 Å². The third kappa shape index (κ3) is 2.51. The van der Waals surface area contributed by atoms with Gasteiger partial charge in [0.15, 0.2) is 0 Å². The Morgan fingerprint density at radius 3 is 2.77 bits per heavy atom. The van der Waals surface area contributed by atoms with Crippen molar-refractivity contribution >= 4 is 22.6 Å². The molecule has 0 saturated heterocycles. The first-order valence-electron chi connectivity index (χ1n) is 8.84. The molecule has 0 bridgehead atoms. The molecule has 3 aromatic heterocycles. The number of carbonyl (C=O) groups excluding carboxylic acids is 1. The fourth-order valence-electron chi connectivity index (χ4n) is 3.69. The standard InChI is InChI=1S/C19H21N5O2/c1-11-6-5-9-24-16(11)22-17-14(19(24)26)10-13(15(20)23(17)2)18(25)21-12-7-3-4-8-12/h5-6,9-10,12,20H,3-4,7-8H2,1-2H3,(H,21,25). The van der Waals surface area contributed by atoms with Gasteiger partial charge in [0.1, 0.15) is 16.8 Å². The van der Waals surface area contributed by atoms with Gasteiger partial charge < -0.3 is 9.88 Å². The average molecular weight is 351 g/mol. The zero-order valence-electron chi connectivity index (χ0n) is 14.9. The van der Waals surface area contributed by atoms with E-state index in [-0.39, 0.29) is 28.6 Å². The molecular formula is C19H21N5O2. The van der Waals surface area contributed by atoms with E-state index >= 15 is 0 Å². The van der Waals surface area contributed by atoms with E-state index in [0.717, 1.165) is 31.2 Å². The van der Waals surface area contributed by atoms with Gasteiger partial charge in [-0.3, -0.25) is 19.4 Å². The van der Waals surface area contributed by atoms with Crippen molar-refractivity contribution in [1.29, 1.82) is 5.41 Å². The number of fused-ring (bicyclic) bond motifs is 2. The van der Waals surface area contributed by atoms with Crippen molar-refractivity contribution in [3.8, 4) is 0 Å². The zero-order chi connectivity index (χ0) is 18.4. The summed E-state index contributed by atoms with van der Waals surface area (Å²) in [7, 11) is 1.66. The molecule has 3 aromatic rings. The first-order chi connectivity index (χ1) is 12.5. The second-order valence-corrected chi connectivity index (χ2v) is 6.96. The highest BCUT2D eigenvalue weighted by Crippen LogP contribution is 2.18. The highest BCUT2D eigenvalue weighted by atomic mass is 16.2. The summed E-state index contributed by atoms with van der Waals surface area (Å²) < 4.78 is 2.99. The van der Waals surface area contributed by atoms with Gasteiger partial charge in [0.05, 0.1) is 10.9 Å². The number of aryl methyl sites for hydroxylation is 2. The molecule has 26 heavy (non-hydrogen) atoms. The van der Waals surface area contributed by atoms with Crippen molar-refractivity contribution in [1.82, 2.24) is 19.3 Å². The Hall–Kier alpha value is -2.96. The van der Waals surface area contributed by atoms with Gasteiger partial charge in [-0.05, 0) is 37.5 Å². The summed E-state index contributed by atoms with van der Waals surface area (Å²) in [6, 6.07) is 5.34. The first kappa shape index (κ1) is 16.5. The zero-order valence-corrected chi connectivity index (χ0v) is 14.9. The minimum Gasteiger partial charge on any atom is -0.349 e. The predicted octanol–water partition coefficient (Wildman–Crippen LogP) is 1.65. The van der Waals surface area contributed by atoms with Crippen molar-refractivity contribution in [3.63, 3.8) is 0 Å². The molecule has 1 amide bonds. The van der Waals surface area contributed by atoms with E-state index in [1.165, 1.54) is 15.0 Å². The number of nitrogens with one attached hydrogen (secondary N) is 2. The Labute approximate surface area is 149 Å². The highest BCUT2D eigenvalue weighted by Gasteiger charge is 2.21. The Bertz CT molecular complexity index is 1150. The summed E-state index contributed by atoms with van der Waals surface area (Å²) in [4.78, 5) is 30.2. The Kier molecular flexibility index (Phi) is 3.86. The number of amides is 1. The van der Waals surface area contributed by atoms with E-state index in [2.05, 4.69) is 10.3 Å². The van der Waals surface area contributed by atoms with Crippen LogP contribution in [0.15, 0.2) is 29.2 Å². The molecule has 1 aliphatic carbocycles. The number of carbonyl (C=O) groups is 1. The molecule has 0 spiro atoms. The monoisotopic (exact) mass is 351 g/mol. The lowest BCUT2D eigenvalue weighted by Gasteiger charge is -2.14. The molecule has 1 fully saturated rings. The fourth-order valence-corrected chi connectivity index (χ4v) is 3.69. The van der Waals surface area contributed by atoms with Gasteiger partial charge in [0.25, 0.3) is 11.5 Å². The van der Waals surface area contributed by atoms with Crippen molar-refractivity contribution in [2.45, 2.75) is 38.6 Å². The Balaban J connectivity index is 1.93. The van der Waals surface area contributed by atoms with Gasteiger partial charge in [0, 0.05) is 19.3 Å². The number of nitrogens with zero attached hydrogens (tertiary/aromatic N) is 3. The largest absolute Gasteiger partial charge is 0.349 e. The Morgan fingerprint density at radius 2 is 2.04 bits per heavy atom. The lowest BCUT2D eigenvalue weighted by Crippen LogP contribution is -2.38. The molecule has 4 rings (SSSR count). The number of hydrogen-bond acceptors (Lipinski definition) is 4. The highest BCUT2D eigenvalue weighted by molar-refractivity contribution is 5.97. The van der Waals surface area contributed by atoms with Gasteiger partial charge >= 0.3 is 0 Å². The second kappa shape index (κ2) is 6.09. The molecule has 0 unspecified atom stereocenters. The van der Waals surface area contributed by atoms with Crippen LogP contribution in [0.4, 0.5) is 0 Å². The smallest absolute Gasteiger partial charge is 0.267 e. The number of pyridine rings is 2. The van der Waals surface area contributed by atoms with E-state index in [4.69, 9.17) is 5.41 Å². The van der Waals surface area contributed by atoms with Crippen LogP contribution in [0.1, 0.15) is 41.6 Å². The predicted molar refractivity (Wildman–Crippen MR) is 98.3 cm³/mol. The quantitative estimate of drug-likeness (QED) is 0.688. The van der Waals surface area contributed by atoms with Crippen molar-refractivity contribution in [2.24, 2.45) is 7.05 Å². The van der Waals surface area contributed by atoms with Crippen LogP contribution < -0.4 is 16.4 Å². The van der Waals surface area contributed by atoms with Gasteiger partial charge in [-0.2, -0.15) is 0 Å². The minimum atomic E-state index is -0.298. The van der Waals surface area contributed by atoms with Crippen LogP contribution in [0, 0.1) is 12.3 Å². The first-order valence-corrected chi connectivity index (χ1v) is 8.84. The molecule has 1 saturated carbocycles. The maximum absolute atomic E-state index is 12.9. The summed E-state index contributed by atoms with van der Waals surface area (Å²) in [5, 5.41) is 11.7. The topological polar surface area (TPSA) is 92.3 Å². The van der Waals surface area contributed by atoms with Crippen molar-refractivity contribution in [2.75, 3.05) is 0 Å². The van der Waals surface area contributed by atoms with Crippen LogP contribution in [0.3, 0.4) is 0 Å². The summed E-state index contributed by atoms with van der Waals surface area (Å²) >= 11 is 0. The van der Waals surface area contributed by atoms with Crippen LogP contribution in [-0.4, -0.2) is 25.9 Å². The number of aromatic nitrogens is 3. The molecule has 0 radical (unpaired) electrons. The van der Waals surface area contributed by atoms with E-state index in [1.54, 1.807) is 19.3 Å². The van der Waals surface area contributed by atoms with Gasteiger partial charge in [-0.25, -0.2) is 4.98 Å². The van der Waals surface area contributed by atoms with Crippen LogP contribution in [0.2, 0.25) is 0 Å². The molecule has 2 N–H and O–H groups in total. The molecule has 134 valence electrons. The number of hydrogen-bond donors (Lipinski definition) is 2. The van der Waals surface area contributed by atoms with E-state index in [9.17, 15) is 9.59 Å². The normalized spacial score (nSPS) is 15.0. The third-order valence-electron chi connectivity index (χ3n) is 5.20. The number of rotatable bonds is 2. The summed E-state index contributed by atoms with van der Waals surface area (Å²) in [6.45, 7) is 1.89. The lowest BCUT2D eigenvalue weighted by molar-refractivity contribution is 0.0935. The maximum atomic E-state index is 12.9. The summed E-state index contributed by atoms with van der Waals surface area (Å²) in [5.74, 6) is -0.298. The van der Waals surface area contributed by atoms with E-state index in [1.807, 2.05) is 13.0 Å². The van der Waals surface area contributed by atoms with Crippen molar-refractivity contribution in [3.05, 3.63) is 51.4 Å². The molecular weight excluding hydrogens is 330 g/mol. The molecule has 0 atom stereocenters. The molecule has 7 nitrogen and oxygen atoms in total. The SMILES string of the molecule is Cc1cccn2c(=O)c3cc(C(=O)NC4CCCC4)c(=N)n(C)c3nc12.